The quantitative estimate of drug-likeness (QED) is 0.0345. The smallest absolute Gasteiger partial charge is 0.306 e. The van der Waals surface area contributed by atoms with Crippen molar-refractivity contribution in [3.63, 3.8) is 0 Å². The molecule has 55 heavy (non-hydrogen) atoms. The zero-order valence-electron chi connectivity index (χ0n) is 37.1. The number of carbonyl (C=O) groups is 3. The van der Waals surface area contributed by atoms with Crippen LogP contribution < -0.4 is 5.11 Å². The number of hydrogen-bond donors (Lipinski definition) is 0. The molecular formula is C47H91NO7. The Balaban J connectivity index is 4.09. The van der Waals surface area contributed by atoms with Gasteiger partial charge < -0.3 is 28.6 Å². The van der Waals surface area contributed by atoms with Crippen molar-refractivity contribution in [3.05, 3.63) is 0 Å². The summed E-state index contributed by atoms with van der Waals surface area (Å²) >= 11 is 0. The van der Waals surface area contributed by atoms with E-state index in [4.69, 9.17) is 14.2 Å². The van der Waals surface area contributed by atoms with E-state index in [0.717, 1.165) is 38.5 Å². The summed E-state index contributed by atoms with van der Waals surface area (Å²) in [6.45, 7) is 4.68. The van der Waals surface area contributed by atoms with Gasteiger partial charge in [0.1, 0.15) is 12.6 Å². The normalized spacial score (nSPS) is 12.8. The standard InChI is InChI=1S/C47H91NO7/c1-6-8-10-12-14-16-17-18-19-20-21-22-23-24-25-26-27-28-30-31-33-35-37-45(49)54-42-43(41-53-40-39-44(47(51)52)48(3,4)5)55-46(50)38-36-34-32-29-15-13-11-9-7-2/h43-44H,6-42H2,1-5H3. The Morgan fingerprint density at radius 1 is 0.473 bits per heavy atom. The third-order valence-corrected chi connectivity index (χ3v) is 11.0. The number of unbranched alkanes of at least 4 members (excludes halogenated alkanes) is 29. The van der Waals surface area contributed by atoms with Crippen LogP contribution in [-0.4, -0.2) is 75.5 Å². The van der Waals surface area contributed by atoms with Crippen molar-refractivity contribution in [2.24, 2.45) is 0 Å². The molecule has 0 radical (unpaired) electrons. The number of ether oxygens (including phenoxy) is 3. The van der Waals surface area contributed by atoms with E-state index >= 15 is 0 Å². The van der Waals surface area contributed by atoms with Gasteiger partial charge in [0, 0.05) is 19.3 Å². The maximum absolute atomic E-state index is 12.6. The molecule has 0 fully saturated rings. The number of carbonyl (C=O) groups excluding carboxylic acids is 3. The summed E-state index contributed by atoms with van der Waals surface area (Å²) in [6.07, 6.45) is 40.0. The molecule has 0 aliphatic rings. The van der Waals surface area contributed by atoms with Crippen molar-refractivity contribution in [1.82, 2.24) is 0 Å². The SMILES string of the molecule is CCCCCCCCCCCCCCCCCCCCCCCCC(=O)OCC(COCCC(C(=O)[O-])[N+](C)(C)C)OC(=O)CCCCCCCCCCC. The maximum Gasteiger partial charge on any atom is 0.306 e. The van der Waals surface area contributed by atoms with Crippen molar-refractivity contribution in [2.45, 2.75) is 244 Å². The van der Waals surface area contributed by atoms with Gasteiger partial charge in [0.15, 0.2) is 6.10 Å². The van der Waals surface area contributed by atoms with Crippen LogP contribution in [0.25, 0.3) is 0 Å². The topological polar surface area (TPSA) is 102 Å². The molecule has 0 aromatic carbocycles. The van der Waals surface area contributed by atoms with Gasteiger partial charge in [-0.2, -0.15) is 0 Å². The predicted octanol–water partition coefficient (Wildman–Crippen LogP) is 11.6. The minimum atomic E-state index is -1.12. The lowest BCUT2D eigenvalue weighted by atomic mass is 10.0. The Labute approximate surface area is 340 Å². The number of hydrogen-bond acceptors (Lipinski definition) is 7. The highest BCUT2D eigenvalue weighted by Crippen LogP contribution is 2.16. The second-order valence-corrected chi connectivity index (χ2v) is 17.4. The zero-order valence-corrected chi connectivity index (χ0v) is 37.1. The molecule has 326 valence electrons. The molecule has 0 saturated heterocycles. The van der Waals surface area contributed by atoms with Crippen molar-refractivity contribution in [1.29, 1.82) is 0 Å². The number of nitrogens with zero attached hydrogens (tertiary/aromatic N) is 1. The Bertz CT molecular complexity index is 874. The van der Waals surface area contributed by atoms with E-state index in [1.807, 2.05) is 0 Å². The first-order valence-electron chi connectivity index (χ1n) is 23.6. The Morgan fingerprint density at radius 2 is 0.800 bits per heavy atom. The number of carboxylic acids is 1. The molecule has 2 atom stereocenters. The second-order valence-electron chi connectivity index (χ2n) is 17.4. The molecule has 0 aromatic heterocycles. The lowest BCUT2D eigenvalue weighted by Gasteiger charge is -2.34. The van der Waals surface area contributed by atoms with E-state index < -0.39 is 18.1 Å². The van der Waals surface area contributed by atoms with E-state index in [-0.39, 0.29) is 42.7 Å². The molecule has 0 aromatic rings. The molecule has 8 heteroatoms. The van der Waals surface area contributed by atoms with E-state index in [2.05, 4.69) is 13.8 Å². The van der Waals surface area contributed by atoms with Gasteiger partial charge in [-0.3, -0.25) is 9.59 Å². The van der Waals surface area contributed by atoms with Crippen LogP contribution in [0.3, 0.4) is 0 Å². The minimum absolute atomic E-state index is 0.0487. The average Bonchev–Trinajstić information content (AvgIpc) is 3.14. The number of esters is 2. The van der Waals surface area contributed by atoms with Gasteiger partial charge in [-0.05, 0) is 12.8 Å². The van der Waals surface area contributed by atoms with Crippen LogP contribution in [0.5, 0.6) is 0 Å². The predicted molar refractivity (Wildman–Crippen MR) is 227 cm³/mol. The summed E-state index contributed by atoms with van der Waals surface area (Å²) in [5.41, 5.74) is 0. The van der Waals surface area contributed by atoms with Crippen LogP contribution >= 0.6 is 0 Å². The monoisotopic (exact) mass is 782 g/mol. The van der Waals surface area contributed by atoms with Gasteiger partial charge in [-0.15, -0.1) is 0 Å². The lowest BCUT2D eigenvalue weighted by Crippen LogP contribution is -2.55. The van der Waals surface area contributed by atoms with Crippen LogP contribution in [0.2, 0.25) is 0 Å². The lowest BCUT2D eigenvalue weighted by molar-refractivity contribution is -0.889. The Hall–Kier alpha value is -1.67. The number of quaternary nitrogens is 1. The summed E-state index contributed by atoms with van der Waals surface area (Å²) < 4.78 is 17.2. The van der Waals surface area contributed by atoms with Gasteiger partial charge in [-0.1, -0.05) is 200 Å². The molecule has 0 N–H and O–H groups in total. The Morgan fingerprint density at radius 3 is 1.13 bits per heavy atom. The molecule has 0 aliphatic carbocycles. The van der Waals surface area contributed by atoms with Crippen molar-refractivity contribution >= 4 is 17.9 Å². The van der Waals surface area contributed by atoms with E-state index in [1.165, 1.54) is 161 Å². The molecule has 0 aliphatic heterocycles. The summed E-state index contributed by atoms with van der Waals surface area (Å²) in [5, 5.41) is 11.6. The van der Waals surface area contributed by atoms with Crippen LogP contribution in [-0.2, 0) is 28.6 Å². The van der Waals surface area contributed by atoms with Crippen molar-refractivity contribution in [3.8, 4) is 0 Å². The number of likely N-dealkylation sites (N-methyl/N-ethyl adjacent to an activating group) is 1. The van der Waals surface area contributed by atoms with Crippen LogP contribution in [0.4, 0.5) is 0 Å². The number of carboxylic acid groups (broad SMARTS) is 1. The fourth-order valence-corrected chi connectivity index (χ4v) is 7.31. The fraction of sp³-hybridized carbons (Fsp3) is 0.936. The molecule has 0 bridgehead atoms. The van der Waals surface area contributed by atoms with E-state index in [1.54, 1.807) is 21.1 Å². The number of aliphatic carboxylic acids is 1. The van der Waals surface area contributed by atoms with Gasteiger partial charge >= 0.3 is 11.9 Å². The summed E-state index contributed by atoms with van der Waals surface area (Å²) in [5.74, 6) is -1.72. The Kier molecular flexibility index (Phi) is 38.0. The van der Waals surface area contributed by atoms with Crippen molar-refractivity contribution in [2.75, 3.05) is 41.0 Å². The summed E-state index contributed by atoms with van der Waals surface area (Å²) in [7, 11) is 5.41. The molecule has 2 unspecified atom stereocenters. The van der Waals surface area contributed by atoms with Crippen LogP contribution in [0, 0.1) is 0 Å². The van der Waals surface area contributed by atoms with Gasteiger partial charge in [0.25, 0.3) is 0 Å². The summed E-state index contributed by atoms with van der Waals surface area (Å²) in [4.78, 5) is 36.8. The highest BCUT2D eigenvalue weighted by atomic mass is 16.6. The molecule has 0 saturated carbocycles. The molecule has 0 spiro atoms. The highest BCUT2D eigenvalue weighted by molar-refractivity contribution is 5.70. The van der Waals surface area contributed by atoms with Crippen LogP contribution in [0.1, 0.15) is 232 Å². The molecule has 8 nitrogen and oxygen atoms in total. The summed E-state index contributed by atoms with van der Waals surface area (Å²) in [6, 6.07) is -0.718. The molecule has 0 heterocycles. The van der Waals surface area contributed by atoms with Gasteiger partial charge in [0.2, 0.25) is 0 Å². The largest absolute Gasteiger partial charge is 0.544 e. The molecule has 0 rings (SSSR count). The average molecular weight is 782 g/mol. The van der Waals surface area contributed by atoms with E-state index in [0.29, 0.717) is 12.8 Å². The fourth-order valence-electron chi connectivity index (χ4n) is 7.31. The third-order valence-electron chi connectivity index (χ3n) is 11.0. The first kappa shape index (κ1) is 53.3. The number of rotatable bonds is 43. The first-order chi connectivity index (χ1) is 26.6. The molecule has 0 amide bonds. The van der Waals surface area contributed by atoms with Crippen LogP contribution in [0.15, 0.2) is 0 Å². The van der Waals surface area contributed by atoms with Crippen molar-refractivity contribution < 1.29 is 38.2 Å². The minimum Gasteiger partial charge on any atom is -0.544 e. The van der Waals surface area contributed by atoms with Gasteiger partial charge in [0.05, 0.1) is 40.3 Å². The highest BCUT2D eigenvalue weighted by Gasteiger charge is 2.25. The first-order valence-corrected chi connectivity index (χ1v) is 23.6. The third kappa shape index (κ3) is 37.7. The molecular weight excluding hydrogens is 691 g/mol. The zero-order chi connectivity index (χ0) is 40.7. The van der Waals surface area contributed by atoms with Gasteiger partial charge in [-0.25, -0.2) is 0 Å². The second kappa shape index (κ2) is 39.2. The maximum atomic E-state index is 12.6. The van der Waals surface area contributed by atoms with E-state index in [9.17, 15) is 19.5 Å².